The Morgan fingerprint density at radius 3 is 1.76 bits per heavy atom. The number of hydrogen-bond donors (Lipinski definition) is 0. The van der Waals surface area contributed by atoms with E-state index in [0.29, 0.717) is 0 Å². The zero-order valence-electron chi connectivity index (χ0n) is 27.0. The Labute approximate surface area is 283 Å². The molecular formula is C39H46Cl2Zr-2. The number of benzene rings is 2. The monoisotopic (exact) mass is 674 g/mol. The topological polar surface area (TPSA) is 0 Å². The second-order valence-electron chi connectivity index (χ2n) is 13.8. The molecule has 0 spiro atoms. The molecule has 7 rings (SSSR count). The summed E-state index contributed by atoms with van der Waals surface area (Å²) in [6.45, 7) is 20.1. The van der Waals surface area contributed by atoms with Crippen LogP contribution in [0.2, 0.25) is 0 Å². The Morgan fingerprint density at radius 2 is 1.29 bits per heavy atom. The van der Waals surface area contributed by atoms with Gasteiger partial charge in [-0.25, -0.2) is 11.6 Å². The maximum atomic E-state index is 3.65. The van der Waals surface area contributed by atoms with Gasteiger partial charge in [0.05, 0.1) is 0 Å². The summed E-state index contributed by atoms with van der Waals surface area (Å²) in [5, 5.41) is 0. The van der Waals surface area contributed by atoms with Gasteiger partial charge < -0.3 is 24.8 Å². The number of fused-ring (bicyclic) bond motifs is 5. The SMILES string of the molecule is CC1=[C-]C(C)(C)c2cc3c(cc21)-c1cc2c(cc1C3)C(C)(C)C=C2C.Cc1cc(C)c(C)[cH-]1.[Cl-].[Cl-].[Zr+2]=[C]1CCCCC1. The van der Waals surface area contributed by atoms with Crippen LogP contribution in [0.5, 0.6) is 0 Å². The molecule has 0 atom stereocenters. The van der Waals surface area contributed by atoms with Crippen LogP contribution in [-0.4, -0.2) is 3.21 Å². The quantitative estimate of drug-likeness (QED) is 0.242. The summed E-state index contributed by atoms with van der Waals surface area (Å²) >= 11 is 1.69. The van der Waals surface area contributed by atoms with Crippen LogP contribution in [0.1, 0.15) is 124 Å². The molecule has 3 aromatic rings. The summed E-state index contributed by atoms with van der Waals surface area (Å²) in [5.41, 5.74) is 18.7. The van der Waals surface area contributed by atoms with E-state index in [1.54, 1.807) is 27.4 Å². The molecule has 4 aliphatic carbocycles. The molecule has 3 heteroatoms. The van der Waals surface area contributed by atoms with Crippen molar-refractivity contribution in [2.75, 3.05) is 0 Å². The fourth-order valence-corrected chi connectivity index (χ4v) is 8.08. The van der Waals surface area contributed by atoms with Crippen molar-refractivity contribution >= 4 is 14.4 Å². The Kier molecular flexibility index (Phi) is 11.1. The molecule has 0 bridgehead atoms. The predicted octanol–water partition coefficient (Wildman–Crippen LogP) is 4.46. The molecule has 0 unspecified atom stereocenters. The van der Waals surface area contributed by atoms with Gasteiger partial charge >= 0.3 is 59.5 Å². The number of halogens is 2. The zero-order valence-corrected chi connectivity index (χ0v) is 31.0. The van der Waals surface area contributed by atoms with E-state index in [9.17, 15) is 0 Å². The van der Waals surface area contributed by atoms with E-state index in [1.807, 2.05) is 0 Å². The Hall–Kier alpha value is -1.40. The molecule has 0 aromatic heterocycles. The zero-order chi connectivity index (χ0) is 29.0. The van der Waals surface area contributed by atoms with E-state index in [1.165, 1.54) is 104 Å². The molecule has 0 saturated heterocycles. The third kappa shape index (κ3) is 6.95. The van der Waals surface area contributed by atoms with Gasteiger partial charge in [0.15, 0.2) is 0 Å². The van der Waals surface area contributed by atoms with Crippen molar-refractivity contribution in [2.45, 2.75) is 112 Å². The van der Waals surface area contributed by atoms with Crippen molar-refractivity contribution in [1.82, 2.24) is 0 Å². The first-order valence-electron chi connectivity index (χ1n) is 15.2. The summed E-state index contributed by atoms with van der Waals surface area (Å²) < 4.78 is 1.80. The van der Waals surface area contributed by atoms with E-state index >= 15 is 0 Å². The molecule has 0 aliphatic heterocycles. The normalized spacial score (nSPS) is 17.9. The molecule has 0 radical (unpaired) electrons. The van der Waals surface area contributed by atoms with Crippen LogP contribution in [0.15, 0.2) is 42.5 Å². The fourth-order valence-electron chi connectivity index (χ4n) is 7.21. The molecule has 1 fully saturated rings. The first-order valence-corrected chi connectivity index (χ1v) is 16.4. The van der Waals surface area contributed by atoms with Crippen molar-refractivity contribution in [3.63, 3.8) is 0 Å². The van der Waals surface area contributed by atoms with Crippen LogP contribution >= 0.6 is 0 Å². The average molecular weight is 677 g/mol. The summed E-state index contributed by atoms with van der Waals surface area (Å²) in [4.78, 5) is 0. The van der Waals surface area contributed by atoms with Crippen molar-refractivity contribution in [3.8, 4) is 11.1 Å². The summed E-state index contributed by atoms with van der Waals surface area (Å²) in [5.74, 6) is 0. The number of hydrogen-bond acceptors (Lipinski definition) is 0. The van der Waals surface area contributed by atoms with Crippen LogP contribution in [0.4, 0.5) is 0 Å². The van der Waals surface area contributed by atoms with Gasteiger partial charge in [-0.3, -0.25) is 6.08 Å². The molecule has 0 heterocycles. The molecule has 3 aromatic carbocycles. The van der Waals surface area contributed by atoms with Gasteiger partial charge in [0, 0.05) is 5.41 Å². The van der Waals surface area contributed by atoms with E-state index < -0.39 is 0 Å². The molecule has 0 N–H and O–H groups in total. The van der Waals surface area contributed by atoms with Crippen LogP contribution < -0.4 is 24.8 Å². The minimum absolute atomic E-state index is 0. The molecule has 1 saturated carbocycles. The van der Waals surface area contributed by atoms with Crippen molar-refractivity contribution < 1.29 is 49.0 Å². The first-order chi connectivity index (χ1) is 18.8. The second kappa shape index (κ2) is 13.3. The van der Waals surface area contributed by atoms with Gasteiger partial charge in [0.1, 0.15) is 0 Å². The minimum atomic E-state index is 0. The van der Waals surface area contributed by atoms with Crippen LogP contribution in [0, 0.1) is 26.8 Å². The van der Waals surface area contributed by atoms with Crippen LogP contribution in [0.25, 0.3) is 22.3 Å². The summed E-state index contributed by atoms with van der Waals surface area (Å²) in [6.07, 6.45) is 14.4. The predicted molar refractivity (Wildman–Crippen MR) is 171 cm³/mol. The summed E-state index contributed by atoms with van der Waals surface area (Å²) in [6, 6.07) is 14.2. The fraction of sp³-hybridized carbons (Fsp3) is 0.436. The standard InChI is InChI=1S/C25H25.C8H11.C6H10.2ClH.Zr/c1-14-12-24(3,4)22-8-16-7-17-9-23-19(15(2)13-25(23,5)6)11-21(17)20(16)10-18(14)22;1-6-4-7(2)8(3)5-6;1-2-4-6-5-3-1;;;/h8-12H,7H2,1-6H3;4-5H,1-3H3;1-5H2;2*1H;/q2*-1;;;;+2/p-2. The van der Waals surface area contributed by atoms with E-state index in [2.05, 4.69) is 111 Å². The third-order valence-corrected chi connectivity index (χ3v) is 10.6. The van der Waals surface area contributed by atoms with Gasteiger partial charge in [0.25, 0.3) is 0 Å². The molecule has 42 heavy (non-hydrogen) atoms. The van der Waals surface area contributed by atoms with Crippen molar-refractivity contribution in [1.29, 1.82) is 0 Å². The Morgan fingerprint density at radius 1 is 0.714 bits per heavy atom. The number of aryl methyl sites for hydroxylation is 3. The first kappa shape index (κ1) is 35.1. The van der Waals surface area contributed by atoms with Gasteiger partial charge in [-0.15, -0.1) is 11.6 Å². The number of allylic oxidation sites excluding steroid dienone is 4. The van der Waals surface area contributed by atoms with Crippen LogP contribution in [-0.2, 0) is 41.5 Å². The van der Waals surface area contributed by atoms with Gasteiger partial charge in [-0.1, -0.05) is 79.0 Å². The summed E-state index contributed by atoms with van der Waals surface area (Å²) in [7, 11) is 0. The van der Waals surface area contributed by atoms with Gasteiger partial charge in [-0.2, -0.15) is 28.3 Å². The molecule has 222 valence electrons. The maximum absolute atomic E-state index is 3.65. The van der Waals surface area contributed by atoms with Crippen molar-refractivity contribution in [2.24, 2.45) is 0 Å². The molecular weight excluding hydrogens is 631 g/mol. The van der Waals surface area contributed by atoms with E-state index in [0.717, 1.165) is 6.42 Å². The van der Waals surface area contributed by atoms with Gasteiger partial charge in [-0.05, 0) is 58.4 Å². The molecule has 4 aliphatic rings. The third-order valence-electron chi connectivity index (χ3n) is 9.40. The molecule has 0 amide bonds. The average Bonchev–Trinajstić information content (AvgIpc) is 3.52. The van der Waals surface area contributed by atoms with Crippen LogP contribution in [0.3, 0.4) is 0 Å². The number of rotatable bonds is 0. The van der Waals surface area contributed by atoms with Gasteiger partial charge in [0.2, 0.25) is 0 Å². The Balaban J connectivity index is 0.000000236. The molecule has 0 nitrogen and oxygen atoms in total. The van der Waals surface area contributed by atoms with Crippen molar-refractivity contribution in [3.05, 3.63) is 98.6 Å². The Bertz CT molecular complexity index is 1450. The van der Waals surface area contributed by atoms with E-state index in [-0.39, 0.29) is 35.6 Å². The second-order valence-corrected chi connectivity index (χ2v) is 15.5. The van der Waals surface area contributed by atoms with E-state index in [4.69, 9.17) is 0 Å².